The van der Waals surface area contributed by atoms with Crippen molar-refractivity contribution >= 4 is 22.8 Å². The van der Waals surface area contributed by atoms with Gasteiger partial charge in [-0.25, -0.2) is 4.79 Å². The fraction of sp³-hybridized carbons (Fsp3) is 0.273. The highest BCUT2D eigenvalue weighted by Gasteiger charge is 2.21. The minimum absolute atomic E-state index is 0.228. The van der Waals surface area contributed by atoms with Crippen molar-refractivity contribution in [2.45, 2.75) is 32.3 Å². The summed E-state index contributed by atoms with van der Waals surface area (Å²) < 4.78 is 5.37. The van der Waals surface area contributed by atoms with Gasteiger partial charge in [0.25, 0.3) is 5.91 Å². The Bertz CT molecular complexity index is 917. The summed E-state index contributed by atoms with van der Waals surface area (Å²) in [5.74, 6) is -0.575. The number of rotatable bonds is 7. The van der Waals surface area contributed by atoms with Crippen molar-refractivity contribution < 1.29 is 14.3 Å². The largest absolute Gasteiger partial charge is 0.449 e. The molecule has 1 amide bonds. The summed E-state index contributed by atoms with van der Waals surface area (Å²) in [5, 5.41) is 3.68. The van der Waals surface area contributed by atoms with E-state index in [-0.39, 0.29) is 11.8 Å². The molecule has 1 aromatic heterocycles. The zero-order valence-corrected chi connectivity index (χ0v) is 15.6. The van der Waals surface area contributed by atoms with Gasteiger partial charge in [-0.05, 0) is 25.0 Å². The van der Waals surface area contributed by atoms with E-state index < -0.39 is 12.1 Å². The standard InChI is InChI=1S/C22H24N2O3/c1-3-16(17-9-5-4-6-10-17)13-24-21(25)15(2)27-22(26)19-14-23-20-12-8-7-11-18(19)20/h4-12,14-16,23H,3,13H2,1-2H3,(H,24,25)/t15-,16-/m0/s1. The Morgan fingerprint density at radius 2 is 1.78 bits per heavy atom. The summed E-state index contributed by atoms with van der Waals surface area (Å²) in [5.41, 5.74) is 2.47. The van der Waals surface area contributed by atoms with E-state index in [1.165, 1.54) is 5.56 Å². The van der Waals surface area contributed by atoms with Crippen LogP contribution in [0.3, 0.4) is 0 Å². The normalized spacial score (nSPS) is 13.1. The average Bonchev–Trinajstić information content (AvgIpc) is 3.13. The van der Waals surface area contributed by atoms with E-state index in [9.17, 15) is 9.59 Å². The third-order valence-corrected chi connectivity index (χ3v) is 4.75. The number of hydrogen-bond donors (Lipinski definition) is 2. The first-order chi connectivity index (χ1) is 13.1. The number of benzene rings is 2. The van der Waals surface area contributed by atoms with E-state index in [0.29, 0.717) is 12.1 Å². The first kappa shape index (κ1) is 18.7. The lowest BCUT2D eigenvalue weighted by atomic mass is 9.96. The highest BCUT2D eigenvalue weighted by Crippen LogP contribution is 2.20. The van der Waals surface area contributed by atoms with Crippen LogP contribution in [0, 0.1) is 0 Å². The summed E-state index contributed by atoms with van der Waals surface area (Å²) in [4.78, 5) is 27.8. The van der Waals surface area contributed by atoms with E-state index >= 15 is 0 Å². The molecule has 3 aromatic rings. The Hall–Kier alpha value is -3.08. The van der Waals surface area contributed by atoms with Crippen molar-refractivity contribution in [2.75, 3.05) is 6.54 Å². The van der Waals surface area contributed by atoms with Crippen LogP contribution in [0.25, 0.3) is 10.9 Å². The number of H-pyrrole nitrogens is 1. The van der Waals surface area contributed by atoms with Gasteiger partial charge in [-0.15, -0.1) is 0 Å². The summed E-state index contributed by atoms with van der Waals surface area (Å²) in [6.07, 6.45) is 1.66. The molecule has 0 saturated carbocycles. The monoisotopic (exact) mass is 364 g/mol. The number of fused-ring (bicyclic) bond motifs is 1. The lowest BCUT2D eigenvalue weighted by Crippen LogP contribution is -2.38. The van der Waals surface area contributed by atoms with Gasteiger partial charge in [0.05, 0.1) is 5.56 Å². The van der Waals surface area contributed by atoms with Crippen molar-refractivity contribution in [3.63, 3.8) is 0 Å². The van der Waals surface area contributed by atoms with Crippen molar-refractivity contribution in [1.29, 1.82) is 0 Å². The van der Waals surface area contributed by atoms with Crippen molar-refractivity contribution in [3.05, 3.63) is 71.9 Å². The van der Waals surface area contributed by atoms with Gasteiger partial charge in [-0.3, -0.25) is 4.79 Å². The van der Waals surface area contributed by atoms with Crippen LogP contribution in [0.2, 0.25) is 0 Å². The number of carbonyl (C=O) groups is 2. The molecule has 0 saturated heterocycles. The molecule has 0 aliphatic rings. The number of hydrogen-bond acceptors (Lipinski definition) is 3. The van der Waals surface area contributed by atoms with Crippen LogP contribution >= 0.6 is 0 Å². The number of amides is 1. The second kappa shape index (κ2) is 8.54. The minimum Gasteiger partial charge on any atom is -0.449 e. The molecule has 5 heteroatoms. The second-order valence-electron chi connectivity index (χ2n) is 6.56. The van der Waals surface area contributed by atoms with Crippen LogP contribution < -0.4 is 5.32 Å². The zero-order valence-electron chi connectivity index (χ0n) is 15.6. The maximum Gasteiger partial charge on any atom is 0.341 e. The third-order valence-electron chi connectivity index (χ3n) is 4.75. The van der Waals surface area contributed by atoms with E-state index in [1.54, 1.807) is 13.1 Å². The molecule has 27 heavy (non-hydrogen) atoms. The molecule has 2 atom stereocenters. The zero-order chi connectivity index (χ0) is 19.2. The lowest BCUT2D eigenvalue weighted by molar-refractivity contribution is -0.129. The van der Waals surface area contributed by atoms with Gasteiger partial charge in [0.15, 0.2) is 6.10 Å². The summed E-state index contributed by atoms with van der Waals surface area (Å²) in [7, 11) is 0. The summed E-state index contributed by atoms with van der Waals surface area (Å²) in [6, 6.07) is 17.5. The molecule has 0 unspecified atom stereocenters. The lowest BCUT2D eigenvalue weighted by Gasteiger charge is -2.18. The number of aromatic amines is 1. The maximum atomic E-state index is 12.4. The molecule has 0 aliphatic heterocycles. The van der Waals surface area contributed by atoms with Gasteiger partial charge in [0.2, 0.25) is 0 Å². The fourth-order valence-corrected chi connectivity index (χ4v) is 3.11. The molecule has 0 spiro atoms. The first-order valence-corrected chi connectivity index (χ1v) is 9.20. The van der Waals surface area contributed by atoms with Gasteiger partial charge in [-0.1, -0.05) is 55.5 Å². The molecule has 0 aliphatic carbocycles. The fourth-order valence-electron chi connectivity index (χ4n) is 3.11. The molecular weight excluding hydrogens is 340 g/mol. The Morgan fingerprint density at radius 1 is 1.07 bits per heavy atom. The van der Waals surface area contributed by atoms with E-state index in [0.717, 1.165) is 17.3 Å². The van der Waals surface area contributed by atoms with Gasteiger partial charge in [0.1, 0.15) is 0 Å². The highest BCUT2D eigenvalue weighted by molar-refractivity contribution is 6.04. The van der Waals surface area contributed by atoms with E-state index in [2.05, 4.69) is 29.4 Å². The molecule has 1 heterocycles. The molecule has 0 bridgehead atoms. The summed E-state index contributed by atoms with van der Waals surface area (Å²) >= 11 is 0. The number of nitrogens with one attached hydrogen (secondary N) is 2. The molecular formula is C22H24N2O3. The van der Waals surface area contributed by atoms with Gasteiger partial charge < -0.3 is 15.0 Å². The molecule has 3 rings (SSSR count). The van der Waals surface area contributed by atoms with Crippen molar-refractivity contribution in [1.82, 2.24) is 10.3 Å². The van der Waals surface area contributed by atoms with Crippen LogP contribution in [0.1, 0.15) is 42.1 Å². The highest BCUT2D eigenvalue weighted by atomic mass is 16.5. The van der Waals surface area contributed by atoms with Crippen LogP contribution in [0.15, 0.2) is 60.8 Å². The van der Waals surface area contributed by atoms with E-state index in [1.807, 2.05) is 42.5 Å². The number of carbonyl (C=O) groups excluding carboxylic acids is 2. The van der Waals surface area contributed by atoms with Crippen molar-refractivity contribution in [3.8, 4) is 0 Å². The Balaban J connectivity index is 1.58. The predicted molar refractivity (Wildman–Crippen MR) is 106 cm³/mol. The average molecular weight is 364 g/mol. The van der Waals surface area contributed by atoms with Crippen LogP contribution in [-0.2, 0) is 9.53 Å². The SMILES string of the molecule is CC[C@@H](CNC(=O)[C@H](C)OC(=O)c1c[nH]c2ccccc12)c1ccccc1. The topological polar surface area (TPSA) is 71.2 Å². The van der Waals surface area contributed by atoms with Crippen LogP contribution in [0.4, 0.5) is 0 Å². The molecule has 140 valence electrons. The molecule has 0 fully saturated rings. The third kappa shape index (κ3) is 4.37. The van der Waals surface area contributed by atoms with Gasteiger partial charge >= 0.3 is 5.97 Å². The number of aromatic nitrogens is 1. The Labute approximate surface area is 158 Å². The smallest absolute Gasteiger partial charge is 0.341 e. The molecule has 0 radical (unpaired) electrons. The Kier molecular flexibility index (Phi) is 5.91. The number of ether oxygens (including phenoxy) is 1. The maximum absolute atomic E-state index is 12.4. The molecule has 2 aromatic carbocycles. The summed E-state index contributed by atoms with van der Waals surface area (Å²) in [6.45, 7) is 4.18. The number of esters is 1. The van der Waals surface area contributed by atoms with Gasteiger partial charge in [0, 0.05) is 29.6 Å². The minimum atomic E-state index is -0.862. The predicted octanol–water partition coefficient (Wildman–Crippen LogP) is 4.02. The second-order valence-corrected chi connectivity index (χ2v) is 6.56. The van der Waals surface area contributed by atoms with Crippen LogP contribution in [-0.4, -0.2) is 29.5 Å². The quantitative estimate of drug-likeness (QED) is 0.622. The number of para-hydroxylation sites is 1. The van der Waals surface area contributed by atoms with Crippen molar-refractivity contribution in [2.24, 2.45) is 0 Å². The Morgan fingerprint density at radius 3 is 2.52 bits per heavy atom. The first-order valence-electron chi connectivity index (χ1n) is 9.20. The van der Waals surface area contributed by atoms with E-state index in [4.69, 9.17) is 4.74 Å². The molecule has 2 N–H and O–H groups in total. The van der Waals surface area contributed by atoms with Crippen LogP contribution in [0.5, 0.6) is 0 Å². The van der Waals surface area contributed by atoms with Gasteiger partial charge in [-0.2, -0.15) is 0 Å². The molecule has 5 nitrogen and oxygen atoms in total.